The van der Waals surface area contributed by atoms with Crippen LogP contribution in [0, 0.1) is 6.92 Å². The molecule has 0 aliphatic carbocycles. The van der Waals surface area contributed by atoms with Crippen molar-refractivity contribution in [2.75, 3.05) is 50.5 Å². The van der Waals surface area contributed by atoms with Gasteiger partial charge in [0.1, 0.15) is 11.5 Å². The maximum absolute atomic E-state index is 12.1. The van der Waals surface area contributed by atoms with Gasteiger partial charge in [-0.1, -0.05) is 0 Å². The molecule has 0 spiro atoms. The van der Waals surface area contributed by atoms with Crippen LogP contribution in [0.5, 0.6) is 0 Å². The van der Waals surface area contributed by atoms with Crippen molar-refractivity contribution in [3.05, 3.63) is 47.4 Å². The molecular formula is C22H31N7O2. The van der Waals surface area contributed by atoms with Crippen LogP contribution in [0.4, 0.5) is 11.5 Å². The number of aryl methyl sites for hydroxylation is 1. The van der Waals surface area contributed by atoms with E-state index in [-0.39, 0.29) is 17.9 Å². The van der Waals surface area contributed by atoms with Crippen molar-refractivity contribution < 1.29 is 9.59 Å². The summed E-state index contributed by atoms with van der Waals surface area (Å²) in [7, 11) is 3.36. The van der Waals surface area contributed by atoms with Gasteiger partial charge >= 0.3 is 0 Å². The van der Waals surface area contributed by atoms with Gasteiger partial charge < -0.3 is 20.9 Å². The van der Waals surface area contributed by atoms with Gasteiger partial charge in [0.15, 0.2) is 0 Å². The Kier molecular flexibility index (Phi) is 7.54. The summed E-state index contributed by atoms with van der Waals surface area (Å²) in [6.07, 6.45) is 1.73. The standard InChI is InChI=1S/C22H31N7O2/c1-15-19(6-5-18(26-15)22(31)24-4)29-11-9-28(10-12-29)14-17-7-8-25-20(13-17)27-21(30)16(2)23-3/h5-8,13,16,23H,9-12,14H2,1-4H3,(H,24,31)(H,25,27,30). The minimum atomic E-state index is -0.276. The number of piperazine rings is 1. The maximum atomic E-state index is 12.1. The van der Waals surface area contributed by atoms with Crippen molar-refractivity contribution in [3.8, 4) is 0 Å². The maximum Gasteiger partial charge on any atom is 0.269 e. The van der Waals surface area contributed by atoms with E-state index in [1.807, 2.05) is 32.0 Å². The molecule has 31 heavy (non-hydrogen) atoms. The lowest BCUT2D eigenvalue weighted by atomic mass is 10.2. The highest BCUT2D eigenvalue weighted by molar-refractivity contribution is 5.93. The van der Waals surface area contributed by atoms with Gasteiger partial charge in [-0.15, -0.1) is 0 Å². The number of hydrogen-bond acceptors (Lipinski definition) is 7. The third kappa shape index (κ3) is 5.77. The van der Waals surface area contributed by atoms with Crippen LogP contribution in [-0.4, -0.2) is 73.0 Å². The van der Waals surface area contributed by atoms with E-state index in [0.717, 1.165) is 49.7 Å². The number of nitrogens with one attached hydrogen (secondary N) is 3. The predicted octanol–water partition coefficient (Wildman–Crippen LogP) is 1.01. The number of likely N-dealkylation sites (N-methyl/N-ethyl adjacent to an activating group) is 1. The first-order valence-electron chi connectivity index (χ1n) is 10.5. The zero-order valence-electron chi connectivity index (χ0n) is 18.6. The van der Waals surface area contributed by atoms with Crippen molar-refractivity contribution in [2.24, 2.45) is 0 Å². The van der Waals surface area contributed by atoms with Gasteiger partial charge in [-0.05, 0) is 50.7 Å². The van der Waals surface area contributed by atoms with Crippen LogP contribution in [0.2, 0.25) is 0 Å². The molecule has 2 aromatic heterocycles. The average molecular weight is 426 g/mol. The van der Waals surface area contributed by atoms with Gasteiger partial charge in [-0.2, -0.15) is 0 Å². The molecule has 0 saturated carbocycles. The number of aromatic nitrogens is 2. The van der Waals surface area contributed by atoms with Crippen LogP contribution in [0.15, 0.2) is 30.5 Å². The number of rotatable bonds is 7. The average Bonchev–Trinajstić information content (AvgIpc) is 2.78. The molecule has 0 radical (unpaired) electrons. The Labute approximate surface area is 183 Å². The number of anilines is 2. The first kappa shape index (κ1) is 22.6. The van der Waals surface area contributed by atoms with Crippen LogP contribution in [0.25, 0.3) is 0 Å². The topological polar surface area (TPSA) is 102 Å². The van der Waals surface area contributed by atoms with Gasteiger partial charge in [-0.3, -0.25) is 14.5 Å². The van der Waals surface area contributed by atoms with E-state index in [4.69, 9.17) is 0 Å². The molecule has 3 N–H and O–H groups in total. The molecule has 1 saturated heterocycles. The summed E-state index contributed by atoms with van der Waals surface area (Å²) in [5.41, 5.74) is 3.48. The molecule has 0 bridgehead atoms. The number of carbonyl (C=O) groups is 2. The van der Waals surface area contributed by atoms with Crippen molar-refractivity contribution >= 4 is 23.3 Å². The quantitative estimate of drug-likeness (QED) is 0.608. The summed E-state index contributed by atoms with van der Waals surface area (Å²) in [6, 6.07) is 7.39. The van der Waals surface area contributed by atoms with Crippen LogP contribution < -0.4 is 20.9 Å². The minimum Gasteiger partial charge on any atom is -0.368 e. The summed E-state index contributed by atoms with van der Waals surface area (Å²) in [6.45, 7) is 8.15. The molecule has 1 aliphatic heterocycles. The molecule has 2 aromatic rings. The summed E-state index contributed by atoms with van der Waals surface area (Å²) in [4.78, 5) is 37.2. The predicted molar refractivity (Wildman–Crippen MR) is 121 cm³/mol. The number of amides is 2. The van der Waals surface area contributed by atoms with Crippen LogP contribution in [-0.2, 0) is 11.3 Å². The van der Waals surface area contributed by atoms with Crippen molar-refractivity contribution in [1.82, 2.24) is 25.5 Å². The minimum absolute atomic E-state index is 0.104. The second-order valence-corrected chi connectivity index (χ2v) is 7.69. The Morgan fingerprint density at radius 1 is 1.13 bits per heavy atom. The first-order chi connectivity index (χ1) is 14.9. The van der Waals surface area contributed by atoms with E-state index in [2.05, 4.69) is 35.7 Å². The highest BCUT2D eigenvalue weighted by Crippen LogP contribution is 2.21. The highest BCUT2D eigenvalue weighted by atomic mass is 16.2. The normalized spacial score (nSPS) is 15.4. The summed E-state index contributed by atoms with van der Waals surface area (Å²) >= 11 is 0. The molecule has 3 heterocycles. The van der Waals surface area contributed by atoms with Crippen molar-refractivity contribution in [2.45, 2.75) is 26.4 Å². The third-order valence-electron chi connectivity index (χ3n) is 5.54. The molecule has 9 nitrogen and oxygen atoms in total. The number of nitrogens with zero attached hydrogens (tertiary/aromatic N) is 4. The molecule has 2 amide bonds. The van der Waals surface area contributed by atoms with Gasteiger partial charge in [0.05, 0.1) is 17.4 Å². The molecule has 1 atom stereocenters. The lowest BCUT2D eigenvalue weighted by Gasteiger charge is -2.36. The lowest BCUT2D eigenvalue weighted by Crippen LogP contribution is -2.46. The third-order valence-corrected chi connectivity index (χ3v) is 5.54. The SMILES string of the molecule is CNC(=O)c1ccc(N2CCN(Cc3ccnc(NC(=O)C(C)NC)c3)CC2)c(C)n1. The van der Waals surface area contributed by atoms with E-state index in [9.17, 15) is 9.59 Å². The molecule has 0 aromatic carbocycles. The fraction of sp³-hybridized carbons (Fsp3) is 0.455. The zero-order valence-corrected chi connectivity index (χ0v) is 18.6. The Bertz CT molecular complexity index is 926. The van der Waals surface area contributed by atoms with E-state index in [1.54, 1.807) is 26.4 Å². The Hall–Kier alpha value is -3.04. The van der Waals surface area contributed by atoms with E-state index in [1.165, 1.54) is 0 Å². The molecule has 166 valence electrons. The second-order valence-electron chi connectivity index (χ2n) is 7.69. The number of carbonyl (C=O) groups excluding carboxylic acids is 2. The monoisotopic (exact) mass is 425 g/mol. The first-order valence-corrected chi connectivity index (χ1v) is 10.5. The summed E-state index contributed by atoms with van der Waals surface area (Å²) < 4.78 is 0. The number of hydrogen-bond donors (Lipinski definition) is 3. The van der Waals surface area contributed by atoms with Crippen LogP contribution in [0.3, 0.4) is 0 Å². The molecule has 1 fully saturated rings. The molecule has 9 heteroatoms. The van der Waals surface area contributed by atoms with Gasteiger partial charge in [0, 0.05) is 46.0 Å². The summed E-state index contributed by atoms with van der Waals surface area (Å²) in [5, 5.41) is 8.37. The molecular weight excluding hydrogens is 394 g/mol. The number of pyridine rings is 2. The second kappa shape index (κ2) is 10.3. The van der Waals surface area contributed by atoms with Gasteiger partial charge in [0.25, 0.3) is 5.91 Å². The molecule has 1 unspecified atom stereocenters. The lowest BCUT2D eigenvalue weighted by molar-refractivity contribution is -0.117. The molecule has 3 rings (SSSR count). The highest BCUT2D eigenvalue weighted by Gasteiger charge is 2.20. The largest absolute Gasteiger partial charge is 0.368 e. The van der Waals surface area contributed by atoms with Gasteiger partial charge in [-0.25, -0.2) is 9.97 Å². The zero-order chi connectivity index (χ0) is 22.4. The fourth-order valence-electron chi connectivity index (χ4n) is 3.55. The smallest absolute Gasteiger partial charge is 0.269 e. The Balaban J connectivity index is 1.56. The van der Waals surface area contributed by atoms with Crippen LogP contribution in [0.1, 0.15) is 28.7 Å². The Morgan fingerprint density at radius 2 is 1.87 bits per heavy atom. The van der Waals surface area contributed by atoms with Crippen LogP contribution >= 0.6 is 0 Å². The van der Waals surface area contributed by atoms with E-state index < -0.39 is 0 Å². The van der Waals surface area contributed by atoms with Gasteiger partial charge in [0.2, 0.25) is 5.91 Å². The van der Waals surface area contributed by atoms with Crippen molar-refractivity contribution in [1.29, 1.82) is 0 Å². The summed E-state index contributed by atoms with van der Waals surface area (Å²) in [5.74, 6) is 0.293. The van der Waals surface area contributed by atoms with E-state index >= 15 is 0 Å². The molecule has 1 aliphatic rings. The van der Waals surface area contributed by atoms with Crippen molar-refractivity contribution in [3.63, 3.8) is 0 Å². The Morgan fingerprint density at radius 3 is 2.52 bits per heavy atom. The van der Waals surface area contributed by atoms with E-state index in [0.29, 0.717) is 11.5 Å². The fourth-order valence-corrected chi connectivity index (χ4v) is 3.55.